The topological polar surface area (TPSA) is 41.5 Å². The Labute approximate surface area is 167 Å². The Morgan fingerprint density at radius 2 is 1.75 bits per heavy atom. The summed E-state index contributed by atoms with van der Waals surface area (Å²) in [5.41, 5.74) is 1.10. The van der Waals surface area contributed by atoms with Crippen LogP contribution in [-0.4, -0.2) is 67.2 Å². The first-order valence-electron chi connectivity index (χ1n) is 11.2. The van der Waals surface area contributed by atoms with Gasteiger partial charge in [-0.05, 0) is 74.3 Å². The van der Waals surface area contributed by atoms with Crippen molar-refractivity contribution in [3.05, 3.63) is 17.8 Å². The highest BCUT2D eigenvalue weighted by Gasteiger charge is 2.41. The minimum Gasteiger partial charge on any atom is -0.381 e. The molecule has 4 fully saturated rings. The van der Waals surface area contributed by atoms with Crippen molar-refractivity contribution in [3.63, 3.8) is 0 Å². The van der Waals surface area contributed by atoms with Gasteiger partial charge >= 0.3 is 0 Å². The van der Waals surface area contributed by atoms with Gasteiger partial charge in [0.25, 0.3) is 0 Å². The highest BCUT2D eigenvalue weighted by Crippen LogP contribution is 2.43. The molecule has 28 heavy (non-hydrogen) atoms. The predicted octanol–water partition coefficient (Wildman–Crippen LogP) is 2.95. The molecule has 154 valence electrons. The van der Waals surface area contributed by atoms with E-state index in [-0.39, 0.29) is 0 Å². The van der Waals surface area contributed by atoms with E-state index in [4.69, 9.17) is 4.74 Å². The van der Waals surface area contributed by atoms with Crippen molar-refractivity contribution in [2.75, 3.05) is 50.8 Å². The smallest absolute Gasteiger partial charge is 0.151 e. The van der Waals surface area contributed by atoms with E-state index in [1.807, 2.05) is 11.0 Å². The van der Waals surface area contributed by atoms with E-state index in [0.29, 0.717) is 13.0 Å². The zero-order valence-electron chi connectivity index (χ0n) is 16.8. The molecular formula is C22H33FN4O. The fourth-order valence-electron chi connectivity index (χ4n) is 5.98. The number of ether oxygens (including phenoxy) is 1. The Balaban J connectivity index is 1.09. The van der Waals surface area contributed by atoms with Crippen LogP contribution in [0.4, 0.5) is 10.2 Å². The van der Waals surface area contributed by atoms with Crippen LogP contribution in [-0.2, 0) is 11.2 Å². The molecule has 4 heterocycles. The summed E-state index contributed by atoms with van der Waals surface area (Å²) < 4.78 is 18.9. The lowest BCUT2D eigenvalue weighted by molar-refractivity contribution is 0.0544. The van der Waals surface area contributed by atoms with Gasteiger partial charge in [-0.2, -0.15) is 5.10 Å². The van der Waals surface area contributed by atoms with Crippen LogP contribution >= 0.6 is 0 Å². The molecule has 0 bridgehead atoms. The van der Waals surface area contributed by atoms with Crippen LogP contribution in [0.15, 0.2) is 12.1 Å². The third kappa shape index (κ3) is 4.18. The Morgan fingerprint density at radius 1 is 0.964 bits per heavy atom. The maximum atomic E-state index is 13.4. The molecule has 4 atom stereocenters. The molecule has 0 N–H and O–H groups in total. The van der Waals surface area contributed by atoms with Crippen LogP contribution in [0.2, 0.25) is 0 Å². The molecule has 5 rings (SSSR count). The van der Waals surface area contributed by atoms with Crippen molar-refractivity contribution in [2.45, 2.75) is 44.7 Å². The fourth-order valence-corrected chi connectivity index (χ4v) is 5.98. The van der Waals surface area contributed by atoms with Gasteiger partial charge in [0.05, 0.1) is 12.2 Å². The standard InChI is InChI=1S/C22H33FN4O/c23-20-3-6-27(15-20)22-2-1-21(24-25-22)11-17-9-18-13-26(14-19(18)10-17)12-16-4-7-28-8-5-16/h1-2,16-20H,3-15H2/t17?,18-,19+,20-/m0/s1. The van der Waals surface area contributed by atoms with E-state index in [0.717, 1.165) is 61.4 Å². The molecule has 5 nitrogen and oxygen atoms in total. The number of rotatable bonds is 5. The van der Waals surface area contributed by atoms with Crippen LogP contribution in [0, 0.1) is 23.7 Å². The number of alkyl halides is 1. The highest BCUT2D eigenvalue weighted by molar-refractivity contribution is 5.38. The average molecular weight is 389 g/mol. The number of nitrogens with zero attached hydrogens (tertiary/aromatic N) is 4. The van der Waals surface area contributed by atoms with Crippen molar-refractivity contribution in [1.29, 1.82) is 0 Å². The lowest BCUT2D eigenvalue weighted by Crippen LogP contribution is -2.31. The second-order valence-electron chi connectivity index (χ2n) is 9.55. The largest absolute Gasteiger partial charge is 0.381 e. The molecule has 1 aliphatic carbocycles. The van der Waals surface area contributed by atoms with Crippen molar-refractivity contribution in [2.24, 2.45) is 23.7 Å². The number of hydrogen-bond donors (Lipinski definition) is 0. The maximum Gasteiger partial charge on any atom is 0.151 e. The van der Waals surface area contributed by atoms with Gasteiger partial charge in [-0.3, -0.25) is 0 Å². The number of fused-ring (bicyclic) bond motifs is 1. The van der Waals surface area contributed by atoms with Gasteiger partial charge in [-0.25, -0.2) is 4.39 Å². The molecule has 4 aliphatic rings. The molecule has 3 aliphatic heterocycles. The van der Waals surface area contributed by atoms with Gasteiger partial charge < -0.3 is 14.5 Å². The summed E-state index contributed by atoms with van der Waals surface area (Å²) in [4.78, 5) is 4.73. The minimum atomic E-state index is -0.717. The van der Waals surface area contributed by atoms with Gasteiger partial charge in [0.15, 0.2) is 5.82 Å². The Bertz CT molecular complexity index is 636. The summed E-state index contributed by atoms with van der Waals surface area (Å²) in [5.74, 6) is 4.19. The predicted molar refractivity (Wildman–Crippen MR) is 107 cm³/mol. The third-order valence-corrected chi connectivity index (χ3v) is 7.44. The first-order chi connectivity index (χ1) is 13.7. The monoisotopic (exact) mass is 388 g/mol. The van der Waals surface area contributed by atoms with Crippen molar-refractivity contribution in [3.8, 4) is 0 Å². The Kier molecular flexibility index (Phi) is 5.51. The first kappa shape index (κ1) is 18.7. The summed E-state index contributed by atoms with van der Waals surface area (Å²) in [6, 6.07) is 4.14. The number of halogens is 1. The molecule has 0 spiro atoms. The second kappa shape index (κ2) is 8.23. The number of anilines is 1. The molecule has 0 aromatic carbocycles. The van der Waals surface area contributed by atoms with E-state index in [1.54, 1.807) is 0 Å². The summed E-state index contributed by atoms with van der Waals surface area (Å²) in [7, 11) is 0. The van der Waals surface area contributed by atoms with Crippen molar-refractivity contribution < 1.29 is 9.13 Å². The number of hydrogen-bond acceptors (Lipinski definition) is 5. The summed E-state index contributed by atoms with van der Waals surface area (Å²) in [5, 5.41) is 8.84. The lowest BCUT2D eigenvalue weighted by Gasteiger charge is -2.27. The quantitative estimate of drug-likeness (QED) is 0.776. The zero-order valence-corrected chi connectivity index (χ0v) is 16.8. The SMILES string of the molecule is F[C@H]1CCN(c2ccc(CC3C[C@@H]4CN(CC5CCOCC5)C[C@@H]4C3)nn2)C1. The molecule has 1 unspecified atom stereocenters. The summed E-state index contributed by atoms with van der Waals surface area (Å²) in [6.07, 6.45) is 6.11. The molecular weight excluding hydrogens is 355 g/mol. The van der Waals surface area contributed by atoms with Gasteiger partial charge in [-0.15, -0.1) is 5.10 Å². The lowest BCUT2D eigenvalue weighted by atomic mass is 9.98. The fraction of sp³-hybridized carbons (Fsp3) is 0.818. The Morgan fingerprint density at radius 3 is 2.39 bits per heavy atom. The van der Waals surface area contributed by atoms with Crippen LogP contribution in [0.25, 0.3) is 0 Å². The van der Waals surface area contributed by atoms with Crippen molar-refractivity contribution in [1.82, 2.24) is 15.1 Å². The average Bonchev–Trinajstić information content (AvgIpc) is 3.38. The van der Waals surface area contributed by atoms with Crippen LogP contribution < -0.4 is 4.90 Å². The van der Waals surface area contributed by atoms with Gasteiger partial charge in [0.1, 0.15) is 6.17 Å². The molecule has 3 saturated heterocycles. The Hall–Kier alpha value is -1.27. The van der Waals surface area contributed by atoms with Crippen LogP contribution in [0.3, 0.4) is 0 Å². The van der Waals surface area contributed by atoms with Gasteiger partial charge in [-0.1, -0.05) is 0 Å². The molecule has 1 saturated carbocycles. The maximum absolute atomic E-state index is 13.4. The van der Waals surface area contributed by atoms with Crippen LogP contribution in [0.1, 0.15) is 37.8 Å². The molecule has 0 radical (unpaired) electrons. The summed E-state index contributed by atoms with van der Waals surface area (Å²) in [6.45, 7) is 7.00. The molecule has 0 amide bonds. The number of aromatic nitrogens is 2. The minimum absolute atomic E-state index is 0.463. The molecule has 1 aromatic heterocycles. The normalized spacial score (nSPS) is 34.2. The summed E-state index contributed by atoms with van der Waals surface area (Å²) >= 11 is 0. The van der Waals surface area contributed by atoms with E-state index in [2.05, 4.69) is 21.2 Å². The second-order valence-corrected chi connectivity index (χ2v) is 9.55. The van der Waals surface area contributed by atoms with E-state index in [1.165, 1.54) is 45.3 Å². The zero-order chi connectivity index (χ0) is 18.9. The van der Waals surface area contributed by atoms with Gasteiger partial charge in [0.2, 0.25) is 0 Å². The van der Waals surface area contributed by atoms with Gasteiger partial charge in [0, 0.05) is 39.4 Å². The first-order valence-corrected chi connectivity index (χ1v) is 11.2. The van der Waals surface area contributed by atoms with Crippen LogP contribution in [0.5, 0.6) is 0 Å². The van der Waals surface area contributed by atoms with E-state index < -0.39 is 6.17 Å². The number of likely N-dealkylation sites (tertiary alicyclic amines) is 1. The molecule has 6 heteroatoms. The highest BCUT2D eigenvalue weighted by atomic mass is 19.1. The van der Waals surface area contributed by atoms with E-state index >= 15 is 0 Å². The van der Waals surface area contributed by atoms with Crippen molar-refractivity contribution >= 4 is 5.82 Å². The third-order valence-electron chi connectivity index (χ3n) is 7.44. The molecule has 1 aromatic rings. The van der Waals surface area contributed by atoms with E-state index in [9.17, 15) is 4.39 Å².